The van der Waals surface area contributed by atoms with Crippen LogP contribution in [0, 0.1) is 0 Å². The molecular formula is C11H14ClN3. The molecule has 1 N–H and O–H groups in total. The summed E-state index contributed by atoms with van der Waals surface area (Å²) < 4.78 is 0. The van der Waals surface area contributed by atoms with Gasteiger partial charge < -0.3 is 9.88 Å². The molecule has 0 aliphatic heterocycles. The minimum absolute atomic E-state index is 0.534. The van der Waals surface area contributed by atoms with E-state index in [9.17, 15) is 0 Å². The summed E-state index contributed by atoms with van der Waals surface area (Å²) >= 11 is 5.77. The lowest BCUT2D eigenvalue weighted by atomic mass is 10.2. The Morgan fingerprint density at radius 2 is 2.20 bits per heavy atom. The Bertz CT molecular complexity index is 462. The fourth-order valence-corrected chi connectivity index (χ4v) is 1.73. The van der Waals surface area contributed by atoms with Crippen molar-refractivity contribution in [3.05, 3.63) is 29.6 Å². The van der Waals surface area contributed by atoms with E-state index in [0.29, 0.717) is 5.88 Å². The number of hydrogen-bond acceptors (Lipinski definition) is 2. The normalized spacial score (nSPS) is 11.5. The van der Waals surface area contributed by atoms with Gasteiger partial charge in [-0.05, 0) is 31.8 Å². The van der Waals surface area contributed by atoms with Crippen LogP contribution in [-0.4, -0.2) is 29.0 Å². The van der Waals surface area contributed by atoms with Gasteiger partial charge in [0.15, 0.2) is 0 Å². The predicted octanol–water partition coefficient (Wildman–Crippen LogP) is 2.36. The van der Waals surface area contributed by atoms with Gasteiger partial charge in [-0.15, -0.1) is 11.6 Å². The molecule has 0 radical (unpaired) electrons. The first-order valence-corrected chi connectivity index (χ1v) is 5.40. The van der Waals surface area contributed by atoms with E-state index in [1.807, 2.05) is 32.3 Å². The lowest BCUT2D eigenvalue weighted by Gasteiger charge is -2.04. The molecule has 0 unspecified atom stereocenters. The van der Waals surface area contributed by atoms with E-state index in [1.165, 1.54) is 0 Å². The number of H-pyrrole nitrogens is 1. The molecular weight excluding hydrogens is 210 g/mol. The molecule has 80 valence electrons. The maximum absolute atomic E-state index is 5.77. The molecule has 1 aromatic carbocycles. The van der Waals surface area contributed by atoms with Crippen LogP contribution in [0.2, 0.25) is 0 Å². The minimum atomic E-state index is 0.534. The van der Waals surface area contributed by atoms with Crippen LogP contribution in [0.4, 0.5) is 0 Å². The van der Waals surface area contributed by atoms with E-state index in [4.69, 9.17) is 11.6 Å². The van der Waals surface area contributed by atoms with Crippen molar-refractivity contribution in [3.63, 3.8) is 0 Å². The van der Waals surface area contributed by atoms with Crippen LogP contribution < -0.4 is 0 Å². The third-order valence-corrected chi connectivity index (χ3v) is 2.53. The van der Waals surface area contributed by atoms with Crippen molar-refractivity contribution in [1.82, 2.24) is 14.9 Å². The van der Waals surface area contributed by atoms with Crippen molar-refractivity contribution in [2.24, 2.45) is 0 Å². The first kappa shape index (κ1) is 10.5. The molecule has 0 saturated carbocycles. The second-order valence-corrected chi connectivity index (χ2v) is 4.17. The number of halogens is 1. The second-order valence-electron chi connectivity index (χ2n) is 3.91. The number of hydrogen-bond donors (Lipinski definition) is 1. The number of rotatable bonds is 3. The molecule has 15 heavy (non-hydrogen) atoms. The zero-order valence-corrected chi connectivity index (χ0v) is 9.67. The third-order valence-electron chi connectivity index (χ3n) is 2.22. The first-order chi connectivity index (χ1) is 7.19. The Morgan fingerprint density at radius 1 is 1.40 bits per heavy atom. The van der Waals surface area contributed by atoms with Gasteiger partial charge in [-0.1, -0.05) is 6.07 Å². The van der Waals surface area contributed by atoms with Crippen molar-refractivity contribution < 1.29 is 0 Å². The third kappa shape index (κ3) is 2.30. The van der Waals surface area contributed by atoms with Crippen molar-refractivity contribution in [2.75, 3.05) is 14.1 Å². The number of aromatic amines is 1. The van der Waals surface area contributed by atoms with E-state index in [2.05, 4.69) is 14.9 Å². The zero-order valence-electron chi connectivity index (χ0n) is 8.92. The molecule has 0 bridgehead atoms. The molecule has 4 heteroatoms. The molecule has 2 rings (SSSR count). The quantitative estimate of drug-likeness (QED) is 0.811. The average Bonchev–Trinajstić information content (AvgIpc) is 2.57. The number of alkyl halides is 1. The number of nitrogens with one attached hydrogen (secondary N) is 1. The lowest BCUT2D eigenvalue weighted by Crippen LogP contribution is -2.11. The van der Waals surface area contributed by atoms with Gasteiger partial charge in [0.2, 0.25) is 0 Å². The molecule has 0 aliphatic carbocycles. The van der Waals surface area contributed by atoms with Gasteiger partial charge in [0.05, 0.1) is 17.6 Å². The molecule has 0 saturated heterocycles. The van der Waals surface area contributed by atoms with Crippen molar-refractivity contribution >= 4 is 22.6 Å². The van der Waals surface area contributed by atoms with Gasteiger partial charge in [-0.3, -0.25) is 0 Å². The van der Waals surface area contributed by atoms with E-state index in [-0.39, 0.29) is 0 Å². The van der Waals surface area contributed by atoms with E-state index in [1.54, 1.807) is 0 Å². The molecule has 1 aromatic heterocycles. The molecule has 0 amide bonds. The molecule has 2 aromatic rings. The van der Waals surface area contributed by atoms with Gasteiger partial charge in [0, 0.05) is 5.88 Å². The highest BCUT2D eigenvalue weighted by atomic mass is 35.5. The highest BCUT2D eigenvalue weighted by Crippen LogP contribution is 2.15. The number of imidazole rings is 1. The first-order valence-electron chi connectivity index (χ1n) is 4.87. The smallest absolute Gasteiger partial charge is 0.121 e. The summed E-state index contributed by atoms with van der Waals surface area (Å²) in [5, 5.41) is 0. The molecule has 1 heterocycles. The highest BCUT2D eigenvalue weighted by molar-refractivity contribution is 6.17. The Morgan fingerprint density at radius 3 is 2.87 bits per heavy atom. The van der Waals surface area contributed by atoms with Crippen molar-refractivity contribution in [2.45, 2.75) is 12.4 Å². The molecule has 0 aliphatic rings. The Kier molecular flexibility index (Phi) is 2.93. The Labute approximate surface area is 94.1 Å². The van der Waals surface area contributed by atoms with E-state index < -0.39 is 0 Å². The monoisotopic (exact) mass is 223 g/mol. The summed E-state index contributed by atoms with van der Waals surface area (Å²) in [5.74, 6) is 1.52. The van der Waals surface area contributed by atoms with Crippen LogP contribution >= 0.6 is 11.6 Å². The number of benzene rings is 1. The number of nitrogens with zero attached hydrogens (tertiary/aromatic N) is 2. The van der Waals surface area contributed by atoms with Crippen LogP contribution in [0.5, 0.6) is 0 Å². The van der Waals surface area contributed by atoms with Gasteiger partial charge in [-0.2, -0.15) is 0 Å². The summed E-state index contributed by atoms with van der Waals surface area (Å²) in [6, 6.07) is 6.07. The van der Waals surface area contributed by atoms with Crippen molar-refractivity contribution in [1.29, 1.82) is 0 Å². The standard InChI is InChI=1S/C11H14ClN3/c1-15(2)7-11-13-9-4-3-8(6-12)5-10(9)14-11/h3-5H,6-7H2,1-2H3,(H,13,14). The second kappa shape index (κ2) is 4.21. The zero-order chi connectivity index (χ0) is 10.8. The maximum Gasteiger partial charge on any atom is 0.121 e. The maximum atomic E-state index is 5.77. The summed E-state index contributed by atoms with van der Waals surface area (Å²) in [6.07, 6.45) is 0. The number of fused-ring (bicyclic) bond motifs is 1. The van der Waals surface area contributed by atoms with Gasteiger partial charge in [0.1, 0.15) is 5.82 Å². The lowest BCUT2D eigenvalue weighted by molar-refractivity contribution is 0.392. The van der Waals surface area contributed by atoms with Crippen LogP contribution in [0.25, 0.3) is 11.0 Å². The molecule has 0 spiro atoms. The van der Waals surface area contributed by atoms with Gasteiger partial charge >= 0.3 is 0 Å². The molecule has 0 atom stereocenters. The van der Waals surface area contributed by atoms with Gasteiger partial charge in [-0.25, -0.2) is 4.98 Å². The summed E-state index contributed by atoms with van der Waals surface area (Å²) in [7, 11) is 4.05. The molecule has 3 nitrogen and oxygen atoms in total. The van der Waals surface area contributed by atoms with E-state index in [0.717, 1.165) is 29.0 Å². The van der Waals surface area contributed by atoms with E-state index >= 15 is 0 Å². The van der Waals surface area contributed by atoms with Gasteiger partial charge in [0.25, 0.3) is 0 Å². The number of aromatic nitrogens is 2. The predicted molar refractivity (Wildman–Crippen MR) is 63.0 cm³/mol. The fourth-order valence-electron chi connectivity index (χ4n) is 1.56. The summed E-state index contributed by atoms with van der Waals surface area (Å²) in [6.45, 7) is 0.824. The molecule has 0 fully saturated rings. The van der Waals surface area contributed by atoms with Crippen LogP contribution in [0.3, 0.4) is 0 Å². The van der Waals surface area contributed by atoms with Crippen LogP contribution in [-0.2, 0) is 12.4 Å². The Balaban J connectivity index is 2.37. The SMILES string of the molecule is CN(C)Cc1nc2cc(CCl)ccc2[nH]1. The van der Waals surface area contributed by atoms with Crippen molar-refractivity contribution in [3.8, 4) is 0 Å². The minimum Gasteiger partial charge on any atom is -0.341 e. The average molecular weight is 224 g/mol. The Hall–Kier alpha value is -1.06. The topological polar surface area (TPSA) is 31.9 Å². The largest absolute Gasteiger partial charge is 0.341 e. The summed E-state index contributed by atoms with van der Waals surface area (Å²) in [5.41, 5.74) is 3.16. The highest BCUT2D eigenvalue weighted by Gasteiger charge is 2.04. The fraction of sp³-hybridized carbons (Fsp3) is 0.364. The van der Waals surface area contributed by atoms with Crippen LogP contribution in [0.15, 0.2) is 18.2 Å². The van der Waals surface area contributed by atoms with Crippen LogP contribution in [0.1, 0.15) is 11.4 Å². The summed E-state index contributed by atoms with van der Waals surface area (Å²) in [4.78, 5) is 9.87.